The fourth-order valence-corrected chi connectivity index (χ4v) is 4.52. The first-order chi connectivity index (χ1) is 13.6. The standard InChI is InChI=1S/C19H19F3N2O4S/c1-28-18(25)14-5-7-17(8-6-14)29(26,27)24-11-9-23(10-12-24)16-4-2-3-15(13-16)19(20,21)22/h2-8,13H,9-12H2,1H3. The third kappa shape index (κ3) is 4.54. The van der Waals surface area contributed by atoms with Gasteiger partial charge in [0.1, 0.15) is 0 Å². The molecular weight excluding hydrogens is 409 g/mol. The zero-order valence-corrected chi connectivity index (χ0v) is 16.3. The number of halogens is 3. The summed E-state index contributed by atoms with van der Waals surface area (Å²) in [6, 6.07) is 10.4. The van der Waals surface area contributed by atoms with Crippen LogP contribution >= 0.6 is 0 Å². The van der Waals surface area contributed by atoms with Gasteiger partial charge in [0, 0.05) is 31.9 Å². The number of methoxy groups -OCH3 is 1. The van der Waals surface area contributed by atoms with Gasteiger partial charge in [0.25, 0.3) is 0 Å². The van der Waals surface area contributed by atoms with Crippen LogP contribution < -0.4 is 4.90 Å². The SMILES string of the molecule is COC(=O)c1ccc(S(=O)(=O)N2CCN(c3cccc(C(F)(F)F)c3)CC2)cc1. The lowest BCUT2D eigenvalue weighted by atomic mass is 10.1. The zero-order chi connectivity index (χ0) is 21.2. The van der Waals surface area contributed by atoms with Crippen molar-refractivity contribution < 1.29 is 31.1 Å². The van der Waals surface area contributed by atoms with Gasteiger partial charge in [-0.3, -0.25) is 0 Å². The number of benzene rings is 2. The molecule has 6 nitrogen and oxygen atoms in total. The van der Waals surface area contributed by atoms with E-state index in [0.29, 0.717) is 5.69 Å². The van der Waals surface area contributed by atoms with Gasteiger partial charge in [-0.05, 0) is 42.5 Å². The van der Waals surface area contributed by atoms with Crippen LogP contribution in [0.25, 0.3) is 0 Å². The molecule has 0 amide bonds. The second kappa shape index (κ2) is 8.03. The van der Waals surface area contributed by atoms with Gasteiger partial charge in [-0.15, -0.1) is 0 Å². The molecule has 1 heterocycles. The van der Waals surface area contributed by atoms with Crippen molar-refractivity contribution in [1.82, 2.24) is 4.31 Å². The van der Waals surface area contributed by atoms with E-state index in [4.69, 9.17) is 0 Å². The maximum Gasteiger partial charge on any atom is 0.416 e. The summed E-state index contributed by atoms with van der Waals surface area (Å²) >= 11 is 0. The summed E-state index contributed by atoms with van der Waals surface area (Å²) in [6.45, 7) is 0.802. The van der Waals surface area contributed by atoms with Crippen LogP contribution in [0.3, 0.4) is 0 Å². The van der Waals surface area contributed by atoms with Crippen molar-refractivity contribution in [2.45, 2.75) is 11.1 Å². The van der Waals surface area contributed by atoms with Gasteiger partial charge in [0.15, 0.2) is 0 Å². The fraction of sp³-hybridized carbons (Fsp3) is 0.316. The first kappa shape index (κ1) is 21.1. The van der Waals surface area contributed by atoms with Crippen LogP contribution in [0.4, 0.5) is 18.9 Å². The molecule has 0 N–H and O–H groups in total. The fourth-order valence-electron chi connectivity index (χ4n) is 3.10. The highest BCUT2D eigenvalue weighted by molar-refractivity contribution is 7.89. The molecule has 1 fully saturated rings. The number of ether oxygens (including phenoxy) is 1. The zero-order valence-electron chi connectivity index (χ0n) is 15.5. The van der Waals surface area contributed by atoms with Gasteiger partial charge in [-0.1, -0.05) is 6.07 Å². The van der Waals surface area contributed by atoms with E-state index in [1.807, 2.05) is 0 Å². The van der Waals surface area contributed by atoms with Gasteiger partial charge in [-0.25, -0.2) is 13.2 Å². The first-order valence-electron chi connectivity index (χ1n) is 8.73. The Bertz CT molecular complexity index is 983. The number of carbonyl (C=O) groups is 1. The molecule has 156 valence electrons. The summed E-state index contributed by atoms with van der Waals surface area (Å²) in [7, 11) is -2.54. The minimum atomic E-state index is -4.43. The van der Waals surface area contributed by atoms with Gasteiger partial charge < -0.3 is 9.64 Å². The molecule has 2 aromatic carbocycles. The highest BCUT2D eigenvalue weighted by atomic mass is 32.2. The van der Waals surface area contributed by atoms with E-state index in [1.165, 1.54) is 41.7 Å². The maximum atomic E-state index is 12.9. The number of rotatable bonds is 4. The van der Waals surface area contributed by atoms with Crippen molar-refractivity contribution in [2.24, 2.45) is 0 Å². The summed E-state index contributed by atoms with van der Waals surface area (Å²) in [5, 5.41) is 0. The molecule has 0 aromatic heterocycles. The Morgan fingerprint density at radius 1 is 1.00 bits per heavy atom. The highest BCUT2D eigenvalue weighted by Crippen LogP contribution is 2.32. The summed E-state index contributed by atoms with van der Waals surface area (Å²) in [6.07, 6.45) is -4.43. The lowest BCUT2D eigenvalue weighted by Crippen LogP contribution is -2.48. The number of hydrogen-bond donors (Lipinski definition) is 0. The topological polar surface area (TPSA) is 66.9 Å². The highest BCUT2D eigenvalue weighted by Gasteiger charge is 2.32. The Hall–Kier alpha value is -2.59. The number of anilines is 1. The number of carbonyl (C=O) groups excluding carboxylic acids is 1. The van der Waals surface area contributed by atoms with Crippen molar-refractivity contribution in [3.05, 3.63) is 59.7 Å². The molecule has 3 rings (SSSR count). The molecule has 1 saturated heterocycles. The van der Waals surface area contributed by atoms with Crippen LogP contribution in [0, 0.1) is 0 Å². The molecule has 10 heteroatoms. The molecule has 0 saturated carbocycles. The largest absolute Gasteiger partial charge is 0.465 e. The summed E-state index contributed by atoms with van der Waals surface area (Å²) in [5.41, 5.74) is -0.101. The molecule has 0 spiro atoms. The summed E-state index contributed by atoms with van der Waals surface area (Å²) in [4.78, 5) is 13.2. The quantitative estimate of drug-likeness (QED) is 0.701. The number of piperazine rings is 1. The predicted molar refractivity (Wildman–Crippen MR) is 100 cm³/mol. The Kier molecular flexibility index (Phi) is 5.85. The van der Waals surface area contributed by atoms with Crippen molar-refractivity contribution in [3.8, 4) is 0 Å². The van der Waals surface area contributed by atoms with E-state index in [-0.39, 0.29) is 36.6 Å². The predicted octanol–water partition coefficient (Wildman–Crippen LogP) is 3.00. The molecule has 0 bridgehead atoms. The van der Waals surface area contributed by atoms with Gasteiger partial charge in [-0.2, -0.15) is 17.5 Å². The number of hydrogen-bond acceptors (Lipinski definition) is 5. The Labute approximate surface area is 166 Å². The van der Waals surface area contributed by atoms with Crippen molar-refractivity contribution in [2.75, 3.05) is 38.2 Å². The summed E-state index contributed by atoms with van der Waals surface area (Å²) in [5.74, 6) is -0.566. The van der Waals surface area contributed by atoms with E-state index in [9.17, 15) is 26.4 Å². The Morgan fingerprint density at radius 2 is 1.62 bits per heavy atom. The van der Waals surface area contributed by atoms with E-state index in [0.717, 1.165) is 12.1 Å². The van der Waals surface area contributed by atoms with E-state index >= 15 is 0 Å². The number of esters is 1. The van der Waals surface area contributed by atoms with Crippen molar-refractivity contribution >= 4 is 21.7 Å². The Balaban J connectivity index is 1.71. The second-order valence-corrected chi connectivity index (χ2v) is 8.39. The van der Waals surface area contributed by atoms with E-state index in [2.05, 4.69) is 4.74 Å². The number of alkyl halides is 3. The van der Waals surface area contributed by atoms with Gasteiger partial charge in [0.2, 0.25) is 10.0 Å². The normalized spacial score (nSPS) is 15.9. The average molecular weight is 428 g/mol. The van der Waals surface area contributed by atoms with Crippen LogP contribution in [-0.2, 0) is 20.9 Å². The number of sulfonamides is 1. The third-order valence-electron chi connectivity index (χ3n) is 4.69. The van der Waals surface area contributed by atoms with Crippen molar-refractivity contribution in [3.63, 3.8) is 0 Å². The summed E-state index contributed by atoms with van der Waals surface area (Å²) < 4.78 is 70.2. The van der Waals surface area contributed by atoms with Crippen molar-refractivity contribution in [1.29, 1.82) is 0 Å². The first-order valence-corrected chi connectivity index (χ1v) is 10.2. The molecule has 2 aromatic rings. The molecule has 0 unspecified atom stereocenters. The Morgan fingerprint density at radius 3 is 2.17 bits per heavy atom. The number of nitrogens with zero attached hydrogens (tertiary/aromatic N) is 2. The average Bonchev–Trinajstić information content (AvgIpc) is 2.73. The van der Waals surface area contributed by atoms with Crippen LogP contribution in [-0.4, -0.2) is 52.0 Å². The van der Waals surface area contributed by atoms with Gasteiger partial charge >= 0.3 is 12.1 Å². The molecule has 0 aliphatic carbocycles. The van der Waals surface area contributed by atoms with Crippen LogP contribution in [0.15, 0.2) is 53.4 Å². The molecule has 1 aliphatic rings. The molecule has 0 radical (unpaired) electrons. The van der Waals surface area contributed by atoms with E-state index in [1.54, 1.807) is 11.0 Å². The molecule has 0 atom stereocenters. The van der Waals surface area contributed by atoms with Crippen LogP contribution in [0.2, 0.25) is 0 Å². The minimum absolute atomic E-state index is 0.0395. The second-order valence-electron chi connectivity index (χ2n) is 6.46. The third-order valence-corrected chi connectivity index (χ3v) is 6.60. The smallest absolute Gasteiger partial charge is 0.416 e. The molecule has 29 heavy (non-hydrogen) atoms. The van der Waals surface area contributed by atoms with E-state index < -0.39 is 27.7 Å². The maximum absolute atomic E-state index is 12.9. The lowest BCUT2D eigenvalue weighted by Gasteiger charge is -2.35. The minimum Gasteiger partial charge on any atom is -0.465 e. The van der Waals surface area contributed by atoms with Crippen LogP contribution in [0.5, 0.6) is 0 Å². The monoisotopic (exact) mass is 428 g/mol. The molecule has 1 aliphatic heterocycles. The van der Waals surface area contributed by atoms with Gasteiger partial charge in [0.05, 0.1) is 23.1 Å². The molecular formula is C19H19F3N2O4S. The van der Waals surface area contributed by atoms with Crippen LogP contribution in [0.1, 0.15) is 15.9 Å². The lowest BCUT2D eigenvalue weighted by molar-refractivity contribution is -0.137.